The van der Waals surface area contributed by atoms with Gasteiger partial charge in [-0.25, -0.2) is 4.79 Å². The average Bonchev–Trinajstić information content (AvgIpc) is 2.78. The monoisotopic (exact) mass is 270 g/mol. The maximum absolute atomic E-state index is 12.4. The van der Waals surface area contributed by atoms with Crippen molar-refractivity contribution in [3.8, 4) is 0 Å². The van der Waals surface area contributed by atoms with Crippen molar-refractivity contribution in [2.24, 2.45) is 11.8 Å². The molecule has 5 heteroatoms. The van der Waals surface area contributed by atoms with Crippen molar-refractivity contribution in [1.82, 2.24) is 10.2 Å². The van der Waals surface area contributed by atoms with Crippen LogP contribution in [0.2, 0.25) is 0 Å². The predicted molar refractivity (Wildman–Crippen MR) is 73.8 cm³/mol. The second-order valence-electron chi connectivity index (χ2n) is 6.00. The number of hydrogen-bond donors (Lipinski definition) is 2. The molecule has 1 heterocycles. The van der Waals surface area contributed by atoms with Crippen LogP contribution in [0.25, 0.3) is 0 Å². The fourth-order valence-electron chi connectivity index (χ4n) is 2.66. The molecule has 0 spiro atoms. The lowest BCUT2D eigenvalue weighted by atomic mass is 9.99. The van der Waals surface area contributed by atoms with Gasteiger partial charge in [-0.1, -0.05) is 27.7 Å². The van der Waals surface area contributed by atoms with Crippen LogP contribution in [0.3, 0.4) is 0 Å². The number of carbonyl (C=O) groups excluding carboxylic acids is 1. The second kappa shape index (κ2) is 6.89. The molecule has 0 radical (unpaired) electrons. The molecule has 1 saturated heterocycles. The highest BCUT2D eigenvalue weighted by Crippen LogP contribution is 2.18. The van der Waals surface area contributed by atoms with Crippen LogP contribution in [0.5, 0.6) is 0 Å². The highest BCUT2D eigenvalue weighted by molar-refractivity contribution is 5.87. The molecule has 0 aliphatic carbocycles. The Hall–Kier alpha value is -1.10. The van der Waals surface area contributed by atoms with Crippen LogP contribution in [0.4, 0.5) is 0 Å². The molecule has 110 valence electrons. The molecule has 2 unspecified atom stereocenters. The van der Waals surface area contributed by atoms with Gasteiger partial charge in [-0.2, -0.15) is 0 Å². The van der Waals surface area contributed by atoms with E-state index in [2.05, 4.69) is 10.2 Å². The summed E-state index contributed by atoms with van der Waals surface area (Å²) in [4.78, 5) is 25.7. The highest BCUT2D eigenvalue weighted by atomic mass is 16.4. The van der Waals surface area contributed by atoms with Crippen LogP contribution in [0.1, 0.15) is 40.5 Å². The zero-order valence-electron chi connectivity index (χ0n) is 12.3. The smallest absolute Gasteiger partial charge is 0.326 e. The summed E-state index contributed by atoms with van der Waals surface area (Å²) in [5.41, 5.74) is 0. The Labute approximate surface area is 115 Å². The minimum absolute atomic E-state index is 0.118. The predicted octanol–water partition coefficient (Wildman–Crippen LogP) is 1.33. The lowest BCUT2D eigenvalue weighted by Gasteiger charge is -2.31. The van der Waals surface area contributed by atoms with Crippen LogP contribution in [-0.4, -0.2) is 47.1 Å². The molecule has 2 atom stereocenters. The standard InChI is InChI=1S/C14H26N2O3/c1-9(2)11(14(18)19)15-13(17)12(10(3)4)16-7-5-6-8-16/h9-12H,5-8H2,1-4H3,(H,15,17)(H,18,19). The lowest BCUT2D eigenvalue weighted by molar-refractivity contribution is -0.144. The zero-order chi connectivity index (χ0) is 14.6. The molecule has 0 aromatic carbocycles. The second-order valence-corrected chi connectivity index (χ2v) is 6.00. The fourth-order valence-corrected chi connectivity index (χ4v) is 2.66. The van der Waals surface area contributed by atoms with Gasteiger partial charge in [-0.05, 0) is 37.8 Å². The summed E-state index contributed by atoms with van der Waals surface area (Å²) in [7, 11) is 0. The number of carbonyl (C=O) groups is 2. The van der Waals surface area contributed by atoms with E-state index in [9.17, 15) is 9.59 Å². The van der Waals surface area contributed by atoms with Gasteiger partial charge in [0.2, 0.25) is 5.91 Å². The molecule has 19 heavy (non-hydrogen) atoms. The molecule has 0 saturated carbocycles. The Balaban J connectivity index is 2.73. The van der Waals surface area contributed by atoms with E-state index in [-0.39, 0.29) is 23.8 Å². The third-order valence-corrected chi connectivity index (χ3v) is 3.66. The maximum atomic E-state index is 12.4. The van der Waals surface area contributed by atoms with Crippen LogP contribution >= 0.6 is 0 Å². The molecular formula is C14H26N2O3. The van der Waals surface area contributed by atoms with Gasteiger partial charge < -0.3 is 10.4 Å². The Kier molecular flexibility index (Phi) is 5.79. The van der Waals surface area contributed by atoms with Crippen molar-refractivity contribution in [2.75, 3.05) is 13.1 Å². The molecule has 0 aromatic rings. The summed E-state index contributed by atoms with van der Waals surface area (Å²) in [6, 6.07) is -1.03. The molecule has 1 aliphatic heterocycles. The van der Waals surface area contributed by atoms with E-state index in [4.69, 9.17) is 5.11 Å². The molecule has 0 bridgehead atoms. The molecular weight excluding hydrogens is 244 g/mol. The van der Waals surface area contributed by atoms with Crippen molar-refractivity contribution >= 4 is 11.9 Å². The Morgan fingerprint density at radius 2 is 1.58 bits per heavy atom. The first-order valence-corrected chi connectivity index (χ1v) is 7.11. The van der Waals surface area contributed by atoms with E-state index >= 15 is 0 Å². The fraction of sp³-hybridized carbons (Fsp3) is 0.857. The largest absolute Gasteiger partial charge is 0.480 e. The number of likely N-dealkylation sites (tertiary alicyclic amines) is 1. The Morgan fingerprint density at radius 1 is 1.05 bits per heavy atom. The first kappa shape index (κ1) is 16.0. The van der Waals surface area contributed by atoms with Gasteiger partial charge in [-0.3, -0.25) is 9.69 Å². The molecule has 1 rings (SSSR count). The van der Waals surface area contributed by atoms with Crippen LogP contribution in [0, 0.1) is 11.8 Å². The third-order valence-electron chi connectivity index (χ3n) is 3.66. The number of rotatable bonds is 6. The number of nitrogens with one attached hydrogen (secondary N) is 1. The van der Waals surface area contributed by atoms with E-state index < -0.39 is 12.0 Å². The maximum Gasteiger partial charge on any atom is 0.326 e. The van der Waals surface area contributed by atoms with Crippen LogP contribution in [-0.2, 0) is 9.59 Å². The number of amides is 1. The first-order valence-electron chi connectivity index (χ1n) is 7.11. The molecule has 5 nitrogen and oxygen atoms in total. The van der Waals surface area contributed by atoms with Gasteiger partial charge in [0.15, 0.2) is 0 Å². The summed E-state index contributed by atoms with van der Waals surface area (Å²) in [5.74, 6) is -1.06. The molecule has 2 N–H and O–H groups in total. The topological polar surface area (TPSA) is 69.6 Å². The van der Waals surface area contributed by atoms with Crippen molar-refractivity contribution in [3.05, 3.63) is 0 Å². The number of carboxylic acid groups (broad SMARTS) is 1. The van der Waals surface area contributed by atoms with Crippen molar-refractivity contribution in [3.63, 3.8) is 0 Å². The Bertz CT molecular complexity index is 323. The van der Waals surface area contributed by atoms with E-state index in [0.717, 1.165) is 25.9 Å². The van der Waals surface area contributed by atoms with Gasteiger partial charge in [0.05, 0.1) is 6.04 Å². The molecule has 0 aromatic heterocycles. The summed E-state index contributed by atoms with van der Waals surface area (Å²) in [5, 5.41) is 11.8. The van der Waals surface area contributed by atoms with E-state index in [1.807, 2.05) is 13.8 Å². The third kappa shape index (κ3) is 4.20. The normalized spacial score (nSPS) is 19.7. The van der Waals surface area contributed by atoms with Gasteiger partial charge >= 0.3 is 5.97 Å². The zero-order valence-corrected chi connectivity index (χ0v) is 12.3. The van der Waals surface area contributed by atoms with Gasteiger partial charge in [0, 0.05) is 0 Å². The number of hydrogen-bond acceptors (Lipinski definition) is 3. The van der Waals surface area contributed by atoms with Gasteiger partial charge in [-0.15, -0.1) is 0 Å². The number of aliphatic carboxylic acids is 1. The van der Waals surface area contributed by atoms with Crippen LogP contribution < -0.4 is 5.32 Å². The summed E-state index contributed by atoms with van der Waals surface area (Å²) in [6.07, 6.45) is 2.23. The van der Waals surface area contributed by atoms with E-state index in [1.165, 1.54) is 0 Å². The van der Waals surface area contributed by atoms with Crippen molar-refractivity contribution in [1.29, 1.82) is 0 Å². The van der Waals surface area contributed by atoms with Crippen LogP contribution in [0.15, 0.2) is 0 Å². The Morgan fingerprint density at radius 3 is 1.95 bits per heavy atom. The minimum Gasteiger partial charge on any atom is -0.480 e. The molecule has 1 fully saturated rings. The number of nitrogens with zero attached hydrogens (tertiary/aromatic N) is 1. The minimum atomic E-state index is -0.965. The molecule has 1 aliphatic rings. The van der Waals surface area contributed by atoms with Crippen molar-refractivity contribution in [2.45, 2.75) is 52.6 Å². The first-order chi connectivity index (χ1) is 8.84. The van der Waals surface area contributed by atoms with E-state index in [1.54, 1.807) is 13.8 Å². The lowest BCUT2D eigenvalue weighted by Crippen LogP contribution is -2.54. The quantitative estimate of drug-likeness (QED) is 0.764. The summed E-state index contributed by atoms with van der Waals surface area (Å²) < 4.78 is 0. The van der Waals surface area contributed by atoms with Gasteiger partial charge in [0.25, 0.3) is 0 Å². The van der Waals surface area contributed by atoms with Gasteiger partial charge in [0.1, 0.15) is 6.04 Å². The number of carboxylic acids is 1. The molecule has 1 amide bonds. The van der Waals surface area contributed by atoms with E-state index in [0.29, 0.717) is 0 Å². The SMILES string of the molecule is CC(C)C(NC(=O)C(C(C)C)N1CCCC1)C(=O)O. The summed E-state index contributed by atoms with van der Waals surface area (Å²) >= 11 is 0. The van der Waals surface area contributed by atoms with Crippen molar-refractivity contribution < 1.29 is 14.7 Å². The average molecular weight is 270 g/mol. The highest BCUT2D eigenvalue weighted by Gasteiger charge is 2.33. The summed E-state index contributed by atoms with van der Waals surface area (Å²) in [6.45, 7) is 9.48.